The van der Waals surface area contributed by atoms with Crippen LogP contribution in [0.1, 0.15) is 32.4 Å². The highest BCUT2D eigenvalue weighted by atomic mass is 19.3. The average molecular weight is 555 g/mol. The van der Waals surface area contributed by atoms with E-state index in [0.717, 1.165) is 6.54 Å². The van der Waals surface area contributed by atoms with Gasteiger partial charge in [-0.1, -0.05) is 6.07 Å². The zero-order valence-corrected chi connectivity index (χ0v) is 21.0. The van der Waals surface area contributed by atoms with Crippen molar-refractivity contribution in [3.8, 4) is 11.4 Å². The maximum atomic E-state index is 14.5. The third-order valence-electron chi connectivity index (χ3n) is 5.65. The number of rotatable bonds is 7. The fraction of sp³-hybridized carbons (Fsp3) is 0.185. The number of anilines is 1. The first-order valence-electron chi connectivity index (χ1n) is 12.0. The van der Waals surface area contributed by atoms with Crippen molar-refractivity contribution in [2.45, 2.75) is 12.7 Å². The lowest BCUT2D eigenvalue weighted by Gasteiger charge is -2.24. The number of nitrogens with zero attached hydrogens (tertiary/aromatic N) is 3. The number of carbonyl (C=O) groups excluding carboxylic acids is 2. The van der Waals surface area contributed by atoms with Gasteiger partial charge in [0.05, 0.1) is 35.7 Å². The normalized spacial score (nSPS) is 14.7. The number of morpholine rings is 1. The number of hydrogen-bond donors (Lipinski definition) is 3. The van der Waals surface area contributed by atoms with Crippen molar-refractivity contribution >= 4 is 17.5 Å². The molecule has 1 fully saturated rings. The summed E-state index contributed by atoms with van der Waals surface area (Å²) in [6.07, 6.45) is 5.49. The highest BCUT2D eigenvalue weighted by molar-refractivity contribution is 6.04. The van der Waals surface area contributed by atoms with Crippen LogP contribution in [0.3, 0.4) is 0 Å². The van der Waals surface area contributed by atoms with E-state index in [4.69, 9.17) is 10.5 Å². The Labute approximate surface area is 226 Å². The largest absolute Gasteiger partial charge is 0.435 e. The van der Waals surface area contributed by atoms with Crippen molar-refractivity contribution in [1.29, 1.82) is 0 Å². The summed E-state index contributed by atoms with van der Waals surface area (Å²) in [6.45, 7) is -1.14. The van der Waals surface area contributed by atoms with Gasteiger partial charge >= 0.3 is 6.61 Å². The molecule has 40 heavy (non-hydrogen) atoms. The molecule has 1 aliphatic rings. The van der Waals surface area contributed by atoms with Gasteiger partial charge in [0.25, 0.3) is 5.91 Å². The van der Waals surface area contributed by atoms with Crippen LogP contribution in [-0.4, -0.2) is 52.9 Å². The molecule has 0 spiro atoms. The Morgan fingerprint density at radius 2 is 1.93 bits per heavy atom. The maximum absolute atomic E-state index is 14.5. The van der Waals surface area contributed by atoms with Gasteiger partial charge in [-0.15, -0.1) is 0 Å². The average Bonchev–Trinajstić information content (AvgIpc) is 3.45. The van der Waals surface area contributed by atoms with Crippen LogP contribution in [0.25, 0.3) is 5.69 Å². The third-order valence-corrected chi connectivity index (χ3v) is 5.65. The SMILES string of the molecule is NC(=O)c1cccnc1.O=C(Nc1ccc([C@@H]2CNCCO2)c(F)c1)c1cnn(-c2ccc(OC(F)F)cc2)c1. The molecule has 10 nitrogen and oxygen atoms in total. The van der Waals surface area contributed by atoms with Crippen LogP contribution in [0.4, 0.5) is 18.9 Å². The minimum Gasteiger partial charge on any atom is -0.435 e. The molecule has 208 valence electrons. The second-order valence-electron chi connectivity index (χ2n) is 8.41. The molecule has 0 aliphatic carbocycles. The van der Waals surface area contributed by atoms with Gasteiger partial charge in [0, 0.05) is 42.9 Å². The van der Waals surface area contributed by atoms with Crippen LogP contribution >= 0.6 is 0 Å². The van der Waals surface area contributed by atoms with Crippen molar-refractivity contribution in [1.82, 2.24) is 20.1 Å². The van der Waals surface area contributed by atoms with Crippen LogP contribution in [0, 0.1) is 5.82 Å². The van der Waals surface area contributed by atoms with Gasteiger partial charge in [-0.2, -0.15) is 13.9 Å². The topological polar surface area (TPSA) is 133 Å². The minimum atomic E-state index is -2.91. The number of ether oxygens (including phenoxy) is 2. The van der Waals surface area contributed by atoms with Gasteiger partial charge in [0.1, 0.15) is 11.6 Å². The highest BCUT2D eigenvalue weighted by Gasteiger charge is 2.20. The monoisotopic (exact) mass is 554 g/mol. The lowest BCUT2D eigenvalue weighted by Crippen LogP contribution is -2.33. The Morgan fingerprint density at radius 3 is 2.52 bits per heavy atom. The van der Waals surface area contributed by atoms with Crippen molar-refractivity contribution in [2.75, 3.05) is 25.0 Å². The fourth-order valence-electron chi connectivity index (χ4n) is 3.70. The lowest BCUT2D eigenvalue weighted by molar-refractivity contribution is -0.0498. The predicted molar refractivity (Wildman–Crippen MR) is 139 cm³/mol. The van der Waals surface area contributed by atoms with E-state index in [9.17, 15) is 22.8 Å². The molecule has 0 saturated carbocycles. The number of primary amides is 1. The second kappa shape index (κ2) is 13.4. The molecule has 1 saturated heterocycles. The molecular formula is C27H25F3N6O4. The van der Waals surface area contributed by atoms with E-state index in [1.165, 1.54) is 53.6 Å². The number of alkyl halides is 2. The zero-order valence-electron chi connectivity index (χ0n) is 21.0. The van der Waals surface area contributed by atoms with E-state index >= 15 is 0 Å². The Balaban J connectivity index is 0.000000350. The number of hydrogen-bond acceptors (Lipinski definition) is 7. The van der Waals surface area contributed by atoms with Crippen molar-refractivity contribution in [2.24, 2.45) is 5.73 Å². The van der Waals surface area contributed by atoms with Crippen LogP contribution < -0.4 is 21.1 Å². The van der Waals surface area contributed by atoms with E-state index in [1.807, 2.05) is 0 Å². The van der Waals surface area contributed by atoms with Crippen molar-refractivity contribution in [3.05, 3.63) is 102 Å². The highest BCUT2D eigenvalue weighted by Crippen LogP contribution is 2.25. The van der Waals surface area contributed by atoms with Crippen molar-refractivity contribution in [3.63, 3.8) is 0 Å². The lowest BCUT2D eigenvalue weighted by atomic mass is 10.1. The molecule has 1 atom stereocenters. The summed E-state index contributed by atoms with van der Waals surface area (Å²) in [5.41, 5.74) is 6.91. The van der Waals surface area contributed by atoms with E-state index < -0.39 is 24.2 Å². The number of halogens is 3. The number of nitrogens with one attached hydrogen (secondary N) is 2. The molecule has 0 radical (unpaired) electrons. The summed E-state index contributed by atoms with van der Waals surface area (Å²) in [6, 6.07) is 13.5. The number of benzene rings is 2. The van der Waals surface area contributed by atoms with Gasteiger partial charge in [0.15, 0.2) is 0 Å². The van der Waals surface area contributed by atoms with Crippen LogP contribution in [-0.2, 0) is 4.74 Å². The molecule has 5 rings (SSSR count). The first-order chi connectivity index (χ1) is 19.3. The summed E-state index contributed by atoms with van der Waals surface area (Å²) in [5, 5.41) is 9.88. The number of carbonyl (C=O) groups is 2. The predicted octanol–water partition coefficient (Wildman–Crippen LogP) is 3.71. The van der Waals surface area contributed by atoms with Crippen LogP contribution in [0.2, 0.25) is 0 Å². The Morgan fingerprint density at radius 1 is 1.12 bits per heavy atom. The molecule has 2 aromatic heterocycles. The second-order valence-corrected chi connectivity index (χ2v) is 8.41. The molecule has 0 unspecified atom stereocenters. The molecule has 3 heterocycles. The first kappa shape index (κ1) is 28.3. The number of pyridine rings is 1. The summed E-state index contributed by atoms with van der Waals surface area (Å²) in [7, 11) is 0. The summed E-state index contributed by atoms with van der Waals surface area (Å²) < 4.78 is 50.2. The molecule has 4 aromatic rings. The Kier molecular flexibility index (Phi) is 9.44. The summed E-state index contributed by atoms with van der Waals surface area (Å²) in [4.78, 5) is 26.6. The molecule has 13 heteroatoms. The molecule has 2 aromatic carbocycles. The van der Waals surface area contributed by atoms with Gasteiger partial charge in [-0.25, -0.2) is 9.07 Å². The molecule has 2 amide bonds. The smallest absolute Gasteiger partial charge is 0.387 e. The molecular weight excluding hydrogens is 529 g/mol. The Bertz CT molecular complexity index is 1430. The fourth-order valence-corrected chi connectivity index (χ4v) is 3.70. The first-order valence-corrected chi connectivity index (χ1v) is 12.0. The van der Waals surface area contributed by atoms with Crippen LogP contribution in [0.15, 0.2) is 79.4 Å². The van der Waals surface area contributed by atoms with E-state index in [-0.39, 0.29) is 17.4 Å². The Hall–Kier alpha value is -4.75. The number of aromatic nitrogens is 3. The van der Waals surface area contributed by atoms with E-state index in [2.05, 4.69) is 25.5 Å². The van der Waals surface area contributed by atoms with Gasteiger partial charge in [-0.05, 0) is 48.5 Å². The van der Waals surface area contributed by atoms with Gasteiger partial charge in [0.2, 0.25) is 5.91 Å². The summed E-state index contributed by atoms with van der Waals surface area (Å²) in [5.74, 6) is -1.35. The van der Waals surface area contributed by atoms with E-state index in [1.54, 1.807) is 30.5 Å². The standard InChI is InChI=1S/C21H19F3N4O3.C6H6N2O/c22-18-9-14(1-6-17(18)19-11-25-7-8-30-19)27-20(29)13-10-26-28(12-13)15-2-4-16(5-3-15)31-21(23)24;7-6(9)5-2-1-3-8-4-5/h1-6,9-10,12,19,21,25H,7-8,11H2,(H,27,29);1-4H,(H2,7,9)/t19-;/m0./s1. The van der Waals surface area contributed by atoms with Gasteiger partial charge in [-0.3, -0.25) is 14.6 Å². The number of nitrogens with two attached hydrogens (primary N) is 1. The summed E-state index contributed by atoms with van der Waals surface area (Å²) >= 11 is 0. The molecule has 0 bridgehead atoms. The minimum absolute atomic E-state index is 0.0174. The quantitative estimate of drug-likeness (QED) is 0.317. The zero-order chi connectivity index (χ0) is 28.5. The number of amides is 2. The third kappa shape index (κ3) is 7.65. The maximum Gasteiger partial charge on any atom is 0.387 e. The molecule has 1 aliphatic heterocycles. The van der Waals surface area contributed by atoms with E-state index in [0.29, 0.717) is 35.7 Å². The van der Waals surface area contributed by atoms with Crippen LogP contribution in [0.5, 0.6) is 5.75 Å². The van der Waals surface area contributed by atoms with Gasteiger partial charge < -0.3 is 25.8 Å². The van der Waals surface area contributed by atoms with Crippen molar-refractivity contribution < 1.29 is 32.2 Å². The molecule has 4 N–H and O–H groups in total.